The van der Waals surface area contributed by atoms with E-state index in [4.69, 9.17) is 0 Å². The fourth-order valence-corrected chi connectivity index (χ4v) is 2.78. The normalized spacial score (nSPS) is 11.8. The molecule has 1 aromatic carbocycles. The number of halogens is 1. The number of aryl methyl sites for hydroxylation is 2. The minimum Gasteiger partial charge on any atom is -0.345 e. The molecule has 0 radical (unpaired) electrons. The second-order valence-corrected chi connectivity index (χ2v) is 7.14. The van der Waals surface area contributed by atoms with Crippen LogP contribution in [-0.2, 0) is 16.6 Å². The lowest BCUT2D eigenvalue weighted by molar-refractivity contribution is -0.126. The second kappa shape index (κ2) is 9.31. The lowest BCUT2D eigenvalue weighted by Gasteiger charge is -2.21. The van der Waals surface area contributed by atoms with E-state index in [2.05, 4.69) is 21.0 Å². The zero-order chi connectivity index (χ0) is 21.7. The summed E-state index contributed by atoms with van der Waals surface area (Å²) in [5.41, 5.74) is 2.33. The number of nitrogens with one attached hydrogen (secondary N) is 3. The van der Waals surface area contributed by atoms with E-state index in [1.807, 2.05) is 6.92 Å². The molecule has 3 amide bonds. The molecular formula is C20H26FN5O3. The number of rotatable bonds is 7. The smallest absolute Gasteiger partial charge is 0.251 e. The van der Waals surface area contributed by atoms with Crippen molar-refractivity contribution < 1.29 is 18.8 Å². The minimum absolute atomic E-state index is 0.217. The van der Waals surface area contributed by atoms with Gasteiger partial charge in [0.2, 0.25) is 11.8 Å². The van der Waals surface area contributed by atoms with Crippen molar-refractivity contribution in [2.24, 2.45) is 13.0 Å². The molecule has 2 rings (SSSR count). The first kappa shape index (κ1) is 22.1. The summed E-state index contributed by atoms with van der Waals surface area (Å²) in [7, 11) is 1.77. The average molecular weight is 403 g/mol. The van der Waals surface area contributed by atoms with E-state index in [0.717, 1.165) is 5.69 Å². The van der Waals surface area contributed by atoms with E-state index in [-0.39, 0.29) is 18.0 Å². The molecule has 0 aliphatic rings. The fourth-order valence-electron chi connectivity index (χ4n) is 2.78. The van der Waals surface area contributed by atoms with Gasteiger partial charge in [-0.15, -0.1) is 0 Å². The van der Waals surface area contributed by atoms with Gasteiger partial charge < -0.3 is 16.0 Å². The summed E-state index contributed by atoms with van der Waals surface area (Å²) in [5, 5.41) is 12.1. The summed E-state index contributed by atoms with van der Waals surface area (Å²) < 4.78 is 14.7. The van der Waals surface area contributed by atoms with Crippen LogP contribution in [-0.4, -0.2) is 40.1 Å². The van der Waals surface area contributed by atoms with Gasteiger partial charge in [0.1, 0.15) is 11.9 Å². The summed E-state index contributed by atoms with van der Waals surface area (Å²) in [5.74, 6) is -2.05. The first-order valence-electron chi connectivity index (χ1n) is 9.24. The van der Waals surface area contributed by atoms with E-state index in [9.17, 15) is 18.8 Å². The van der Waals surface area contributed by atoms with Crippen molar-refractivity contribution in [2.45, 2.75) is 33.7 Å². The van der Waals surface area contributed by atoms with Crippen LogP contribution in [0.25, 0.3) is 0 Å². The molecule has 29 heavy (non-hydrogen) atoms. The Morgan fingerprint density at radius 2 is 1.76 bits per heavy atom. The van der Waals surface area contributed by atoms with Crippen LogP contribution >= 0.6 is 0 Å². The highest BCUT2D eigenvalue weighted by atomic mass is 19.1. The quantitative estimate of drug-likeness (QED) is 0.654. The maximum absolute atomic E-state index is 13.0. The molecule has 0 fully saturated rings. The first-order chi connectivity index (χ1) is 13.6. The Morgan fingerprint density at radius 3 is 2.28 bits per heavy atom. The lowest BCUT2D eigenvalue weighted by atomic mass is 10.0. The number of carbonyl (C=O) groups excluding carboxylic acids is 3. The molecule has 0 aliphatic heterocycles. The van der Waals surface area contributed by atoms with Gasteiger partial charge in [-0.2, -0.15) is 5.10 Å². The summed E-state index contributed by atoms with van der Waals surface area (Å²) in [4.78, 5) is 37.1. The Kier molecular flexibility index (Phi) is 7.08. The highest BCUT2D eigenvalue weighted by Crippen LogP contribution is 2.17. The number of carbonyl (C=O) groups is 3. The standard InChI is InChI=1S/C20H26FN5O3/c1-11(2)17(24-19(28)14-6-8-15(21)9-7-14)20(29)22-10-16(27)23-18-12(3)25-26(5)13(18)4/h6-9,11,17H,10H2,1-5H3,(H,22,29)(H,23,27)(H,24,28)/t17-/m0/s1. The zero-order valence-corrected chi connectivity index (χ0v) is 17.2. The van der Waals surface area contributed by atoms with Crippen LogP contribution in [0.2, 0.25) is 0 Å². The molecule has 3 N–H and O–H groups in total. The van der Waals surface area contributed by atoms with Crippen LogP contribution in [0, 0.1) is 25.6 Å². The fraction of sp³-hybridized carbons (Fsp3) is 0.400. The molecule has 0 bridgehead atoms. The second-order valence-electron chi connectivity index (χ2n) is 7.14. The molecular weight excluding hydrogens is 377 g/mol. The van der Waals surface area contributed by atoms with Crippen LogP contribution in [0.3, 0.4) is 0 Å². The van der Waals surface area contributed by atoms with Crippen molar-refractivity contribution in [3.8, 4) is 0 Å². The summed E-state index contributed by atoms with van der Waals surface area (Å²) >= 11 is 0. The van der Waals surface area contributed by atoms with Crippen LogP contribution < -0.4 is 16.0 Å². The predicted molar refractivity (Wildman–Crippen MR) is 107 cm³/mol. The number of nitrogens with zero attached hydrogens (tertiary/aromatic N) is 2. The van der Waals surface area contributed by atoms with Crippen molar-refractivity contribution >= 4 is 23.4 Å². The van der Waals surface area contributed by atoms with Gasteiger partial charge in [0, 0.05) is 12.6 Å². The van der Waals surface area contributed by atoms with Gasteiger partial charge in [-0.05, 0) is 44.0 Å². The van der Waals surface area contributed by atoms with E-state index >= 15 is 0 Å². The number of anilines is 1. The van der Waals surface area contributed by atoms with Crippen molar-refractivity contribution in [2.75, 3.05) is 11.9 Å². The Labute approximate surface area is 168 Å². The largest absolute Gasteiger partial charge is 0.345 e. The predicted octanol–water partition coefficient (Wildman–Crippen LogP) is 1.69. The van der Waals surface area contributed by atoms with Crippen molar-refractivity contribution in [3.63, 3.8) is 0 Å². The molecule has 8 nitrogen and oxygen atoms in total. The Balaban J connectivity index is 1.95. The molecule has 1 atom stereocenters. The van der Waals surface area contributed by atoms with E-state index in [1.165, 1.54) is 24.3 Å². The van der Waals surface area contributed by atoms with Crippen molar-refractivity contribution in [1.29, 1.82) is 0 Å². The third kappa shape index (κ3) is 5.63. The van der Waals surface area contributed by atoms with E-state index in [0.29, 0.717) is 11.4 Å². The topological polar surface area (TPSA) is 105 Å². The Morgan fingerprint density at radius 1 is 1.14 bits per heavy atom. The van der Waals surface area contributed by atoms with Gasteiger partial charge in [-0.25, -0.2) is 4.39 Å². The average Bonchev–Trinajstić information content (AvgIpc) is 2.90. The van der Waals surface area contributed by atoms with Gasteiger partial charge >= 0.3 is 0 Å². The van der Waals surface area contributed by atoms with Gasteiger partial charge in [-0.3, -0.25) is 19.1 Å². The minimum atomic E-state index is -0.845. The third-order valence-corrected chi connectivity index (χ3v) is 4.54. The number of hydrogen-bond donors (Lipinski definition) is 3. The van der Waals surface area contributed by atoms with Gasteiger partial charge in [0.15, 0.2) is 0 Å². The zero-order valence-electron chi connectivity index (χ0n) is 17.2. The number of aromatic nitrogens is 2. The summed E-state index contributed by atoms with van der Waals surface area (Å²) in [6.07, 6.45) is 0. The molecule has 9 heteroatoms. The number of amides is 3. The maximum Gasteiger partial charge on any atom is 0.251 e. The van der Waals surface area contributed by atoms with Crippen LogP contribution in [0.15, 0.2) is 24.3 Å². The third-order valence-electron chi connectivity index (χ3n) is 4.54. The Hall–Kier alpha value is -3.23. The van der Waals surface area contributed by atoms with Crippen molar-refractivity contribution in [1.82, 2.24) is 20.4 Å². The van der Waals surface area contributed by atoms with Gasteiger partial charge in [0.25, 0.3) is 5.91 Å². The molecule has 1 heterocycles. The number of benzene rings is 1. The van der Waals surface area contributed by atoms with E-state index in [1.54, 1.807) is 32.5 Å². The molecule has 2 aromatic rings. The highest BCUT2D eigenvalue weighted by Gasteiger charge is 2.25. The monoisotopic (exact) mass is 403 g/mol. The number of hydrogen-bond acceptors (Lipinski definition) is 4. The maximum atomic E-state index is 13.0. The molecule has 0 spiro atoms. The van der Waals surface area contributed by atoms with E-state index < -0.39 is 29.6 Å². The Bertz CT molecular complexity index is 906. The lowest BCUT2D eigenvalue weighted by Crippen LogP contribution is -2.51. The molecule has 1 aromatic heterocycles. The molecule has 0 aliphatic carbocycles. The van der Waals surface area contributed by atoms with Crippen LogP contribution in [0.1, 0.15) is 35.6 Å². The SMILES string of the molecule is Cc1nn(C)c(C)c1NC(=O)CNC(=O)[C@@H](NC(=O)c1ccc(F)cc1)C(C)C. The highest BCUT2D eigenvalue weighted by molar-refractivity contribution is 5.99. The molecule has 156 valence electrons. The molecule has 0 saturated carbocycles. The first-order valence-corrected chi connectivity index (χ1v) is 9.24. The molecule has 0 unspecified atom stereocenters. The van der Waals surface area contributed by atoms with Gasteiger partial charge in [0.05, 0.1) is 23.6 Å². The summed E-state index contributed by atoms with van der Waals surface area (Å²) in [6, 6.07) is 4.18. The van der Waals surface area contributed by atoms with Crippen molar-refractivity contribution in [3.05, 3.63) is 47.0 Å². The summed E-state index contributed by atoms with van der Waals surface area (Å²) in [6.45, 7) is 6.91. The molecule has 0 saturated heterocycles. The van der Waals surface area contributed by atoms with Gasteiger partial charge in [-0.1, -0.05) is 13.8 Å². The van der Waals surface area contributed by atoms with Crippen LogP contribution in [0.4, 0.5) is 10.1 Å². The van der Waals surface area contributed by atoms with Crippen LogP contribution in [0.5, 0.6) is 0 Å².